The summed E-state index contributed by atoms with van der Waals surface area (Å²) in [6.07, 6.45) is 1.98. The summed E-state index contributed by atoms with van der Waals surface area (Å²) < 4.78 is 12.1. The van der Waals surface area contributed by atoms with Gasteiger partial charge in [-0.2, -0.15) is 0 Å². The SMILES string of the molecule is CC1(O)CCCN(CC2COC(C)(c3ccccc3)O2)C1. The number of benzene rings is 1. The number of aliphatic hydroxyl groups is 1. The van der Waals surface area contributed by atoms with Gasteiger partial charge in [-0.15, -0.1) is 0 Å². The van der Waals surface area contributed by atoms with Crippen LogP contribution in [0.15, 0.2) is 30.3 Å². The van der Waals surface area contributed by atoms with Gasteiger partial charge in [-0.25, -0.2) is 0 Å². The molecule has 0 saturated carbocycles. The lowest BCUT2D eigenvalue weighted by Gasteiger charge is -2.37. The molecule has 1 aromatic rings. The first kappa shape index (κ1) is 15.0. The third-order valence-electron chi connectivity index (χ3n) is 4.45. The van der Waals surface area contributed by atoms with Gasteiger partial charge < -0.3 is 14.6 Å². The van der Waals surface area contributed by atoms with Crippen LogP contribution in [0.4, 0.5) is 0 Å². The molecule has 116 valence electrons. The fourth-order valence-corrected chi connectivity index (χ4v) is 3.39. The van der Waals surface area contributed by atoms with Crippen molar-refractivity contribution in [2.75, 3.05) is 26.2 Å². The molecule has 2 heterocycles. The Morgan fingerprint density at radius 2 is 2.05 bits per heavy atom. The molecule has 3 unspecified atom stereocenters. The van der Waals surface area contributed by atoms with E-state index in [4.69, 9.17) is 9.47 Å². The Morgan fingerprint density at radius 3 is 2.76 bits per heavy atom. The van der Waals surface area contributed by atoms with Gasteiger partial charge in [0, 0.05) is 18.7 Å². The summed E-state index contributed by atoms with van der Waals surface area (Å²) >= 11 is 0. The molecule has 4 nitrogen and oxygen atoms in total. The van der Waals surface area contributed by atoms with Gasteiger partial charge >= 0.3 is 0 Å². The van der Waals surface area contributed by atoms with Crippen molar-refractivity contribution in [2.24, 2.45) is 0 Å². The van der Waals surface area contributed by atoms with Crippen LogP contribution in [0, 0.1) is 0 Å². The number of piperidine rings is 1. The van der Waals surface area contributed by atoms with Gasteiger partial charge in [-0.1, -0.05) is 30.3 Å². The number of ether oxygens (including phenoxy) is 2. The van der Waals surface area contributed by atoms with Gasteiger partial charge in [0.2, 0.25) is 0 Å². The van der Waals surface area contributed by atoms with E-state index in [2.05, 4.69) is 4.90 Å². The Labute approximate surface area is 126 Å². The minimum absolute atomic E-state index is 0.0594. The predicted molar refractivity (Wildman–Crippen MR) is 80.9 cm³/mol. The summed E-state index contributed by atoms with van der Waals surface area (Å²) in [4.78, 5) is 2.29. The molecule has 0 amide bonds. The molecule has 0 spiro atoms. The molecule has 0 aromatic heterocycles. The first-order valence-electron chi connectivity index (χ1n) is 7.79. The van der Waals surface area contributed by atoms with Crippen LogP contribution in [0.1, 0.15) is 32.3 Å². The highest BCUT2D eigenvalue weighted by atomic mass is 16.7. The summed E-state index contributed by atoms with van der Waals surface area (Å²) in [6, 6.07) is 10.1. The fourth-order valence-electron chi connectivity index (χ4n) is 3.39. The van der Waals surface area contributed by atoms with Crippen molar-refractivity contribution in [1.82, 2.24) is 4.90 Å². The highest BCUT2D eigenvalue weighted by Gasteiger charge is 2.40. The van der Waals surface area contributed by atoms with Crippen LogP contribution in [-0.4, -0.2) is 48.0 Å². The minimum Gasteiger partial charge on any atom is -0.389 e. The van der Waals surface area contributed by atoms with E-state index in [1.165, 1.54) is 0 Å². The Bertz CT molecular complexity index is 476. The van der Waals surface area contributed by atoms with E-state index >= 15 is 0 Å². The van der Waals surface area contributed by atoms with Crippen molar-refractivity contribution in [1.29, 1.82) is 0 Å². The van der Waals surface area contributed by atoms with Crippen molar-refractivity contribution in [3.05, 3.63) is 35.9 Å². The molecule has 0 radical (unpaired) electrons. The van der Waals surface area contributed by atoms with Crippen LogP contribution in [-0.2, 0) is 15.3 Å². The van der Waals surface area contributed by atoms with Gasteiger partial charge in [0.05, 0.1) is 18.3 Å². The maximum Gasteiger partial charge on any atom is 0.192 e. The van der Waals surface area contributed by atoms with E-state index in [9.17, 15) is 5.11 Å². The van der Waals surface area contributed by atoms with Crippen molar-refractivity contribution in [3.63, 3.8) is 0 Å². The van der Waals surface area contributed by atoms with Crippen LogP contribution in [0.25, 0.3) is 0 Å². The highest BCUT2D eigenvalue weighted by Crippen LogP contribution is 2.34. The molecule has 0 bridgehead atoms. The molecular formula is C17H25NO3. The molecule has 3 rings (SSSR count). The van der Waals surface area contributed by atoms with Gasteiger partial charge in [0.25, 0.3) is 0 Å². The predicted octanol–water partition coefficient (Wildman–Crippen LogP) is 2.12. The summed E-state index contributed by atoms with van der Waals surface area (Å²) in [7, 11) is 0. The lowest BCUT2D eigenvalue weighted by atomic mass is 9.95. The van der Waals surface area contributed by atoms with E-state index in [0.29, 0.717) is 6.61 Å². The summed E-state index contributed by atoms with van der Waals surface area (Å²) in [6.45, 7) is 7.06. The van der Waals surface area contributed by atoms with E-state index < -0.39 is 11.4 Å². The van der Waals surface area contributed by atoms with E-state index in [0.717, 1.165) is 38.0 Å². The zero-order chi connectivity index (χ0) is 14.9. The van der Waals surface area contributed by atoms with Gasteiger partial charge in [0.1, 0.15) is 0 Å². The molecule has 1 aromatic carbocycles. The monoisotopic (exact) mass is 291 g/mol. The summed E-state index contributed by atoms with van der Waals surface area (Å²) in [5.74, 6) is -0.649. The molecule has 2 aliphatic heterocycles. The number of hydrogen-bond donors (Lipinski definition) is 1. The van der Waals surface area contributed by atoms with Crippen LogP contribution in [0.3, 0.4) is 0 Å². The minimum atomic E-state index is -0.649. The number of β-amino-alcohol motifs (C(OH)–C–C–N with tert-alkyl or cyclic N) is 1. The Hall–Kier alpha value is -0.940. The third-order valence-corrected chi connectivity index (χ3v) is 4.45. The lowest BCUT2D eigenvalue weighted by molar-refractivity contribution is -0.164. The maximum atomic E-state index is 10.2. The second-order valence-corrected chi connectivity index (χ2v) is 6.70. The molecule has 0 aliphatic carbocycles. The average Bonchev–Trinajstić information content (AvgIpc) is 2.81. The van der Waals surface area contributed by atoms with Crippen molar-refractivity contribution in [3.8, 4) is 0 Å². The number of likely N-dealkylation sites (tertiary alicyclic amines) is 1. The fraction of sp³-hybridized carbons (Fsp3) is 0.647. The largest absolute Gasteiger partial charge is 0.389 e. The smallest absolute Gasteiger partial charge is 0.192 e. The lowest BCUT2D eigenvalue weighted by Crippen LogP contribution is -2.48. The van der Waals surface area contributed by atoms with Gasteiger partial charge in [0.15, 0.2) is 5.79 Å². The van der Waals surface area contributed by atoms with E-state index in [-0.39, 0.29) is 6.10 Å². The maximum absolute atomic E-state index is 10.2. The molecule has 2 fully saturated rings. The normalized spacial score (nSPS) is 37.8. The molecular weight excluding hydrogens is 266 g/mol. The van der Waals surface area contributed by atoms with Gasteiger partial charge in [-0.05, 0) is 33.2 Å². The standard InChI is InChI=1S/C17H25NO3/c1-16(19)9-6-10-18(13-16)11-15-12-20-17(2,21-15)14-7-4-3-5-8-14/h3-5,7-8,15,19H,6,9-13H2,1-2H3. The van der Waals surface area contributed by atoms with Crippen molar-refractivity contribution >= 4 is 0 Å². The summed E-state index contributed by atoms with van der Waals surface area (Å²) in [5, 5.41) is 10.2. The number of nitrogens with zero attached hydrogens (tertiary/aromatic N) is 1. The summed E-state index contributed by atoms with van der Waals surface area (Å²) in [5.41, 5.74) is 0.485. The van der Waals surface area contributed by atoms with Crippen LogP contribution in [0.2, 0.25) is 0 Å². The Morgan fingerprint density at radius 1 is 1.29 bits per heavy atom. The van der Waals surface area contributed by atoms with Crippen LogP contribution < -0.4 is 0 Å². The highest BCUT2D eigenvalue weighted by molar-refractivity contribution is 5.20. The molecule has 4 heteroatoms. The van der Waals surface area contributed by atoms with Crippen LogP contribution >= 0.6 is 0 Å². The first-order valence-corrected chi connectivity index (χ1v) is 7.79. The Balaban J connectivity index is 1.60. The van der Waals surface area contributed by atoms with E-state index in [1.54, 1.807) is 0 Å². The number of rotatable bonds is 3. The second kappa shape index (κ2) is 5.69. The van der Waals surface area contributed by atoms with Crippen molar-refractivity contribution in [2.45, 2.75) is 44.2 Å². The molecule has 3 atom stereocenters. The first-order chi connectivity index (χ1) is 9.97. The second-order valence-electron chi connectivity index (χ2n) is 6.70. The zero-order valence-electron chi connectivity index (χ0n) is 12.9. The molecule has 21 heavy (non-hydrogen) atoms. The Kier molecular flexibility index (Phi) is 4.06. The number of hydrogen-bond acceptors (Lipinski definition) is 4. The molecule has 1 N–H and O–H groups in total. The molecule has 2 aliphatic rings. The van der Waals surface area contributed by atoms with E-state index in [1.807, 2.05) is 44.2 Å². The zero-order valence-corrected chi connectivity index (χ0v) is 12.9. The molecule has 2 saturated heterocycles. The van der Waals surface area contributed by atoms with Crippen molar-refractivity contribution < 1.29 is 14.6 Å². The topological polar surface area (TPSA) is 41.9 Å². The third kappa shape index (κ3) is 3.46. The van der Waals surface area contributed by atoms with Gasteiger partial charge in [-0.3, -0.25) is 4.90 Å². The average molecular weight is 291 g/mol. The van der Waals surface area contributed by atoms with Crippen LogP contribution in [0.5, 0.6) is 0 Å². The quantitative estimate of drug-likeness (QED) is 0.926.